The van der Waals surface area contributed by atoms with Crippen molar-refractivity contribution in [2.24, 2.45) is 5.92 Å². The van der Waals surface area contributed by atoms with E-state index >= 15 is 0 Å². The standard InChI is InChI=1S/C14H18O3S/c1-10(2)9-13(16)14(17-11(3)15)18-12-7-5-4-6-8-12/h4-8,10,14H,9H2,1-3H3. The molecule has 98 valence electrons. The molecule has 0 saturated carbocycles. The zero-order chi connectivity index (χ0) is 13.5. The molecule has 0 heterocycles. The van der Waals surface area contributed by atoms with Crippen LogP contribution in [0.25, 0.3) is 0 Å². The van der Waals surface area contributed by atoms with Crippen molar-refractivity contribution in [2.45, 2.75) is 37.5 Å². The van der Waals surface area contributed by atoms with Gasteiger partial charge < -0.3 is 4.74 Å². The van der Waals surface area contributed by atoms with E-state index in [9.17, 15) is 9.59 Å². The van der Waals surface area contributed by atoms with Gasteiger partial charge in [0.15, 0.2) is 5.78 Å². The zero-order valence-corrected chi connectivity index (χ0v) is 11.7. The molecular weight excluding hydrogens is 248 g/mol. The van der Waals surface area contributed by atoms with E-state index in [1.807, 2.05) is 44.2 Å². The van der Waals surface area contributed by atoms with Crippen LogP contribution in [0.4, 0.5) is 0 Å². The van der Waals surface area contributed by atoms with Gasteiger partial charge in [-0.25, -0.2) is 0 Å². The van der Waals surface area contributed by atoms with Crippen LogP contribution in [0.15, 0.2) is 35.2 Å². The molecule has 4 heteroatoms. The van der Waals surface area contributed by atoms with E-state index < -0.39 is 11.4 Å². The van der Waals surface area contributed by atoms with Crippen LogP contribution >= 0.6 is 11.8 Å². The van der Waals surface area contributed by atoms with Crippen molar-refractivity contribution in [1.82, 2.24) is 0 Å². The van der Waals surface area contributed by atoms with Crippen molar-refractivity contribution >= 4 is 23.5 Å². The summed E-state index contributed by atoms with van der Waals surface area (Å²) in [7, 11) is 0. The van der Waals surface area contributed by atoms with Crippen LogP contribution in [0, 0.1) is 5.92 Å². The number of ketones is 1. The molecule has 1 rings (SSSR count). The Balaban J connectivity index is 2.72. The minimum atomic E-state index is -0.743. The van der Waals surface area contributed by atoms with E-state index in [2.05, 4.69) is 0 Å². The molecule has 1 aromatic rings. The molecular formula is C14H18O3S. The molecule has 0 spiro atoms. The van der Waals surface area contributed by atoms with Gasteiger partial charge in [0, 0.05) is 18.2 Å². The molecule has 0 aliphatic heterocycles. The summed E-state index contributed by atoms with van der Waals surface area (Å²) in [5.41, 5.74) is -0.743. The molecule has 0 aliphatic rings. The number of benzene rings is 1. The maximum Gasteiger partial charge on any atom is 0.304 e. The maximum atomic E-state index is 12.0. The van der Waals surface area contributed by atoms with Crippen molar-refractivity contribution < 1.29 is 14.3 Å². The van der Waals surface area contributed by atoms with Crippen molar-refractivity contribution in [3.8, 4) is 0 Å². The summed E-state index contributed by atoms with van der Waals surface area (Å²) >= 11 is 1.27. The predicted molar refractivity (Wildman–Crippen MR) is 72.3 cm³/mol. The number of carbonyl (C=O) groups excluding carboxylic acids is 2. The van der Waals surface area contributed by atoms with Gasteiger partial charge in [0.05, 0.1) is 0 Å². The minimum Gasteiger partial charge on any atom is -0.443 e. The summed E-state index contributed by atoms with van der Waals surface area (Å²) in [6.07, 6.45) is 0.414. The third kappa shape index (κ3) is 5.36. The average molecular weight is 266 g/mol. The molecule has 0 N–H and O–H groups in total. The van der Waals surface area contributed by atoms with Crippen LogP contribution in [0.5, 0.6) is 0 Å². The summed E-state index contributed by atoms with van der Waals surface area (Å²) in [6.45, 7) is 5.26. The Bertz CT molecular complexity index is 401. The second-order valence-electron chi connectivity index (χ2n) is 4.44. The van der Waals surface area contributed by atoms with Crippen molar-refractivity contribution in [3.05, 3.63) is 30.3 Å². The molecule has 0 saturated heterocycles. The van der Waals surface area contributed by atoms with E-state index in [0.717, 1.165) is 4.90 Å². The van der Waals surface area contributed by atoms with Gasteiger partial charge in [-0.05, 0) is 18.1 Å². The van der Waals surface area contributed by atoms with Crippen LogP contribution in [0.3, 0.4) is 0 Å². The highest BCUT2D eigenvalue weighted by Gasteiger charge is 2.23. The van der Waals surface area contributed by atoms with E-state index in [1.165, 1.54) is 18.7 Å². The molecule has 0 amide bonds. The van der Waals surface area contributed by atoms with Gasteiger partial charge >= 0.3 is 5.97 Å². The second kappa shape index (κ2) is 7.21. The number of Topliss-reactive ketones (excluding diaryl/α,β-unsaturated/α-hetero) is 1. The lowest BCUT2D eigenvalue weighted by atomic mass is 10.1. The lowest BCUT2D eigenvalue weighted by molar-refractivity contribution is -0.148. The largest absolute Gasteiger partial charge is 0.443 e. The van der Waals surface area contributed by atoms with Crippen LogP contribution in [-0.2, 0) is 14.3 Å². The number of esters is 1. The molecule has 0 bridgehead atoms. The highest BCUT2D eigenvalue weighted by Crippen LogP contribution is 2.26. The Kier molecular flexibility index (Phi) is 5.92. The van der Waals surface area contributed by atoms with Gasteiger partial charge in [0.2, 0.25) is 5.44 Å². The van der Waals surface area contributed by atoms with E-state index in [-0.39, 0.29) is 11.7 Å². The zero-order valence-electron chi connectivity index (χ0n) is 10.9. The summed E-state index contributed by atoms with van der Waals surface area (Å²) < 4.78 is 5.09. The van der Waals surface area contributed by atoms with Gasteiger partial charge in [-0.15, -0.1) is 0 Å². The fourth-order valence-electron chi connectivity index (χ4n) is 1.43. The van der Waals surface area contributed by atoms with Crippen LogP contribution in [0.2, 0.25) is 0 Å². The molecule has 3 nitrogen and oxygen atoms in total. The number of thioether (sulfide) groups is 1. The molecule has 1 atom stereocenters. The normalized spacial score (nSPS) is 12.2. The van der Waals surface area contributed by atoms with Crippen molar-refractivity contribution in [2.75, 3.05) is 0 Å². The third-order valence-corrected chi connectivity index (χ3v) is 3.25. The van der Waals surface area contributed by atoms with E-state index in [4.69, 9.17) is 4.74 Å². The minimum absolute atomic E-state index is 0.0472. The van der Waals surface area contributed by atoms with Gasteiger partial charge in [0.25, 0.3) is 0 Å². The number of rotatable bonds is 6. The highest BCUT2D eigenvalue weighted by atomic mass is 32.2. The van der Waals surface area contributed by atoms with Crippen molar-refractivity contribution in [1.29, 1.82) is 0 Å². The van der Waals surface area contributed by atoms with Gasteiger partial charge in [-0.1, -0.05) is 43.8 Å². The van der Waals surface area contributed by atoms with Gasteiger partial charge in [-0.3, -0.25) is 9.59 Å². The fourth-order valence-corrected chi connectivity index (χ4v) is 2.40. The Labute approximate surface area is 112 Å². The van der Waals surface area contributed by atoms with E-state index in [0.29, 0.717) is 6.42 Å². The van der Waals surface area contributed by atoms with Crippen LogP contribution in [0.1, 0.15) is 27.2 Å². The Morgan fingerprint density at radius 3 is 2.33 bits per heavy atom. The quantitative estimate of drug-likeness (QED) is 0.450. The average Bonchev–Trinajstić information content (AvgIpc) is 2.28. The predicted octanol–water partition coefficient (Wildman–Crippen LogP) is 3.28. The SMILES string of the molecule is CC(=O)OC(Sc1ccccc1)C(=O)CC(C)C. The highest BCUT2D eigenvalue weighted by molar-refractivity contribution is 8.00. The lowest BCUT2D eigenvalue weighted by Gasteiger charge is -2.16. The Hall–Kier alpha value is -1.29. The molecule has 18 heavy (non-hydrogen) atoms. The first-order valence-electron chi connectivity index (χ1n) is 5.90. The molecule has 1 unspecified atom stereocenters. The second-order valence-corrected chi connectivity index (χ2v) is 5.57. The molecule has 0 fully saturated rings. The number of carbonyl (C=O) groups is 2. The molecule has 0 aromatic heterocycles. The number of hydrogen-bond acceptors (Lipinski definition) is 4. The van der Waals surface area contributed by atoms with Crippen LogP contribution < -0.4 is 0 Å². The number of ether oxygens (including phenoxy) is 1. The molecule has 0 radical (unpaired) electrons. The van der Waals surface area contributed by atoms with Crippen molar-refractivity contribution in [3.63, 3.8) is 0 Å². The maximum absolute atomic E-state index is 12.0. The van der Waals surface area contributed by atoms with Gasteiger partial charge in [0.1, 0.15) is 0 Å². The Morgan fingerprint density at radius 2 is 1.83 bits per heavy atom. The first kappa shape index (κ1) is 14.8. The monoisotopic (exact) mass is 266 g/mol. The summed E-state index contributed by atoms with van der Waals surface area (Å²) in [5.74, 6) is -0.221. The van der Waals surface area contributed by atoms with Crippen LogP contribution in [-0.4, -0.2) is 17.2 Å². The molecule has 0 aliphatic carbocycles. The topological polar surface area (TPSA) is 43.4 Å². The lowest BCUT2D eigenvalue weighted by Crippen LogP contribution is -2.24. The first-order chi connectivity index (χ1) is 8.49. The fraction of sp³-hybridized carbons (Fsp3) is 0.429. The summed E-state index contributed by atoms with van der Waals surface area (Å²) in [5, 5.41) is 0. The summed E-state index contributed by atoms with van der Waals surface area (Å²) in [4.78, 5) is 24.0. The molecule has 1 aromatic carbocycles. The van der Waals surface area contributed by atoms with Gasteiger partial charge in [-0.2, -0.15) is 0 Å². The summed E-state index contributed by atoms with van der Waals surface area (Å²) in [6, 6.07) is 9.47. The number of hydrogen-bond donors (Lipinski definition) is 0. The smallest absolute Gasteiger partial charge is 0.304 e. The first-order valence-corrected chi connectivity index (χ1v) is 6.78. The van der Waals surface area contributed by atoms with E-state index in [1.54, 1.807) is 0 Å². The third-order valence-electron chi connectivity index (χ3n) is 2.13. The Morgan fingerprint density at radius 1 is 1.22 bits per heavy atom.